The fourth-order valence-electron chi connectivity index (χ4n) is 2.65. The van der Waals surface area contributed by atoms with Crippen molar-refractivity contribution in [1.82, 2.24) is 25.1 Å². The summed E-state index contributed by atoms with van der Waals surface area (Å²) in [5.74, 6) is -0.113. The Hall–Kier alpha value is -2.76. The Bertz CT molecular complexity index is 913. The molecule has 0 saturated carbocycles. The summed E-state index contributed by atoms with van der Waals surface area (Å²) < 4.78 is 1.90. The van der Waals surface area contributed by atoms with Gasteiger partial charge < -0.3 is 5.32 Å². The summed E-state index contributed by atoms with van der Waals surface area (Å²) in [5, 5.41) is 7.31. The van der Waals surface area contributed by atoms with Crippen LogP contribution in [-0.4, -0.2) is 32.2 Å². The van der Waals surface area contributed by atoms with E-state index in [1.165, 1.54) is 0 Å². The van der Waals surface area contributed by atoms with Gasteiger partial charge in [-0.25, -0.2) is 9.97 Å². The van der Waals surface area contributed by atoms with E-state index in [-0.39, 0.29) is 5.91 Å². The third kappa shape index (κ3) is 3.27. The van der Waals surface area contributed by atoms with Gasteiger partial charge in [-0.05, 0) is 52.0 Å². The van der Waals surface area contributed by atoms with Gasteiger partial charge in [0.25, 0.3) is 5.91 Å². The maximum Gasteiger partial charge on any atom is 0.251 e. The molecule has 0 spiro atoms. The van der Waals surface area contributed by atoms with Crippen LogP contribution in [0.2, 0.25) is 0 Å². The van der Waals surface area contributed by atoms with Gasteiger partial charge in [-0.2, -0.15) is 5.10 Å². The average molecular weight is 323 g/mol. The van der Waals surface area contributed by atoms with Crippen LogP contribution in [0.4, 0.5) is 0 Å². The molecule has 0 aliphatic rings. The molecule has 1 aromatic carbocycles. The van der Waals surface area contributed by atoms with Gasteiger partial charge >= 0.3 is 0 Å². The molecule has 24 heavy (non-hydrogen) atoms. The van der Waals surface area contributed by atoms with Gasteiger partial charge in [0.2, 0.25) is 0 Å². The zero-order valence-corrected chi connectivity index (χ0v) is 14.4. The monoisotopic (exact) mass is 323 g/mol. The van der Waals surface area contributed by atoms with E-state index in [0.717, 1.165) is 33.8 Å². The molecule has 3 aromatic rings. The molecule has 1 amide bonds. The van der Waals surface area contributed by atoms with Crippen LogP contribution in [0.15, 0.2) is 24.3 Å². The molecule has 2 heterocycles. The molecule has 1 N–H and O–H groups in total. The Labute approximate surface area is 140 Å². The van der Waals surface area contributed by atoms with E-state index in [1.54, 1.807) is 12.1 Å². The predicted octanol–water partition coefficient (Wildman–Crippen LogP) is 2.49. The molecule has 0 atom stereocenters. The molecular weight excluding hydrogens is 302 g/mol. The number of benzene rings is 1. The van der Waals surface area contributed by atoms with Crippen molar-refractivity contribution in [3.8, 4) is 0 Å². The zero-order valence-electron chi connectivity index (χ0n) is 14.4. The van der Waals surface area contributed by atoms with Gasteiger partial charge in [0, 0.05) is 17.8 Å². The number of carbonyl (C=O) groups excluding carboxylic acids is 1. The van der Waals surface area contributed by atoms with Crippen LogP contribution in [0, 0.1) is 27.7 Å². The van der Waals surface area contributed by atoms with Crippen molar-refractivity contribution in [1.29, 1.82) is 0 Å². The zero-order chi connectivity index (χ0) is 17.3. The summed E-state index contributed by atoms with van der Waals surface area (Å²) in [4.78, 5) is 21.3. The molecular formula is C18H21N5O. The van der Waals surface area contributed by atoms with Crippen LogP contribution < -0.4 is 5.32 Å². The van der Waals surface area contributed by atoms with Crippen LogP contribution in [0.5, 0.6) is 0 Å². The van der Waals surface area contributed by atoms with Gasteiger partial charge in [0.05, 0.1) is 34.7 Å². The fraction of sp³-hybridized carbons (Fsp3) is 0.333. The number of nitrogens with one attached hydrogen (secondary N) is 1. The normalized spacial score (nSPS) is 11.0. The van der Waals surface area contributed by atoms with Crippen molar-refractivity contribution in [2.45, 2.75) is 34.2 Å². The predicted molar refractivity (Wildman–Crippen MR) is 93.0 cm³/mol. The number of aryl methyl sites for hydroxylation is 4. The first-order valence-corrected chi connectivity index (χ1v) is 7.98. The maximum atomic E-state index is 12.3. The van der Waals surface area contributed by atoms with E-state index >= 15 is 0 Å². The number of fused-ring (bicyclic) bond motifs is 1. The van der Waals surface area contributed by atoms with Crippen molar-refractivity contribution in [3.63, 3.8) is 0 Å². The second-order valence-electron chi connectivity index (χ2n) is 6.00. The van der Waals surface area contributed by atoms with E-state index in [4.69, 9.17) is 0 Å². The van der Waals surface area contributed by atoms with Crippen molar-refractivity contribution in [2.24, 2.45) is 0 Å². The van der Waals surface area contributed by atoms with Crippen molar-refractivity contribution in [3.05, 3.63) is 52.6 Å². The standard InChI is InChI=1S/C18H21N5O/c1-11-9-12(2)23(22-11)8-7-19-18(24)15-5-6-16-17(10-15)21-14(4)13(3)20-16/h5-6,9-10H,7-8H2,1-4H3,(H,19,24). The Morgan fingerprint density at radius 3 is 2.42 bits per heavy atom. The summed E-state index contributed by atoms with van der Waals surface area (Å²) in [6.45, 7) is 8.99. The van der Waals surface area contributed by atoms with E-state index < -0.39 is 0 Å². The van der Waals surface area contributed by atoms with Crippen LogP contribution in [0.1, 0.15) is 33.1 Å². The van der Waals surface area contributed by atoms with Gasteiger partial charge in [0.15, 0.2) is 0 Å². The second-order valence-corrected chi connectivity index (χ2v) is 6.00. The summed E-state index contributed by atoms with van der Waals surface area (Å²) in [7, 11) is 0. The second kappa shape index (κ2) is 6.39. The fourth-order valence-corrected chi connectivity index (χ4v) is 2.65. The minimum absolute atomic E-state index is 0.113. The lowest BCUT2D eigenvalue weighted by Gasteiger charge is -2.08. The molecule has 0 saturated heterocycles. The molecule has 0 fully saturated rings. The number of amides is 1. The third-order valence-electron chi connectivity index (χ3n) is 4.05. The molecule has 0 aliphatic heterocycles. The number of aromatic nitrogens is 4. The lowest BCUT2D eigenvalue weighted by Crippen LogP contribution is -2.27. The van der Waals surface area contributed by atoms with Crippen LogP contribution >= 0.6 is 0 Å². The first-order chi connectivity index (χ1) is 11.4. The highest BCUT2D eigenvalue weighted by molar-refractivity contribution is 5.97. The number of nitrogens with zero attached hydrogens (tertiary/aromatic N) is 4. The molecule has 0 aliphatic carbocycles. The minimum Gasteiger partial charge on any atom is -0.350 e. The Morgan fingerprint density at radius 1 is 1.04 bits per heavy atom. The molecule has 124 valence electrons. The van der Waals surface area contributed by atoms with Crippen molar-refractivity contribution < 1.29 is 4.79 Å². The lowest BCUT2D eigenvalue weighted by atomic mass is 10.1. The highest BCUT2D eigenvalue weighted by atomic mass is 16.1. The van der Waals surface area contributed by atoms with Gasteiger partial charge in [-0.15, -0.1) is 0 Å². The number of carbonyl (C=O) groups is 1. The first kappa shape index (κ1) is 16.1. The Balaban J connectivity index is 1.69. The van der Waals surface area contributed by atoms with Crippen LogP contribution in [-0.2, 0) is 6.54 Å². The minimum atomic E-state index is -0.113. The summed E-state index contributed by atoms with van der Waals surface area (Å²) in [6.07, 6.45) is 0. The number of hydrogen-bond acceptors (Lipinski definition) is 4. The van der Waals surface area contributed by atoms with Gasteiger partial charge in [-0.3, -0.25) is 9.48 Å². The van der Waals surface area contributed by atoms with Crippen LogP contribution in [0.25, 0.3) is 11.0 Å². The van der Waals surface area contributed by atoms with E-state index in [9.17, 15) is 4.79 Å². The molecule has 3 rings (SSSR count). The average Bonchev–Trinajstić information content (AvgIpc) is 2.85. The molecule has 0 unspecified atom stereocenters. The third-order valence-corrected chi connectivity index (χ3v) is 4.05. The smallest absolute Gasteiger partial charge is 0.251 e. The molecule has 2 aromatic heterocycles. The van der Waals surface area contributed by atoms with Crippen LogP contribution in [0.3, 0.4) is 0 Å². The highest BCUT2D eigenvalue weighted by Gasteiger charge is 2.09. The SMILES string of the molecule is Cc1cc(C)n(CCNC(=O)c2ccc3nc(C)c(C)nc3c2)n1. The van der Waals surface area contributed by atoms with E-state index in [1.807, 2.05) is 44.5 Å². The van der Waals surface area contributed by atoms with Crippen molar-refractivity contribution in [2.75, 3.05) is 6.54 Å². The summed E-state index contributed by atoms with van der Waals surface area (Å²) in [6, 6.07) is 7.43. The maximum absolute atomic E-state index is 12.3. The Kier molecular flexibility index (Phi) is 4.29. The quantitative estimate of drug-likeness (QED) is 0.800. The largest absolute Gasteiger partial charge is 0.350 e. The molecule has 6 nitrogen and oxygen atoms in total. The topological polar surface area (TPSA) is 72.7 Å². The highest BCUT2D eigenvalue weighted by Crippen LogP contribution is 2.14. The molecule has 0 radical (unpaired) electrons. The van der Waals surface area contributed by atoms with E-state index in [0.29, 0.717) is 18.7 Å². The summed E-state index contributed by atoms with van der Waals surface area (Å²) >= 11 is 0. The van der Waals surface area contributed by atoms with Gasteiger partial charge in [0.1, 0.15) is 0 Å². The lowest BCUT2D eigenvalue weighted by molar-refractivity contribution is 0.0952. The first-order valence-electron chi connectivity index (χ1n) is 7.98. The molecule has 6 heteroatoms. The van der Waals surface area contributed by atoms with Crippen molar-refractivity contribution >= 4 is 16.9 Å². The molecule has 0 bridgehead atoms. The Morgan fingerprint density at radius 2 is 1.75 bits per heavy atom. The number of rotatable bonds is 4. The summed E-state index contributed by atoms with van der Waals surface area (Å²) in [5.41, 5.74) is 6.00. The van der Waals surface area contributed by atoms with E-state index in [2.05, 4.69) is 20.4 Å². The van der Waals surface area contributed by atoms with Gasteiger partial charge in [-0.1, -0.05) is 0 Å². The number of hydrogen-bond donors (Lipinski definition) is 1.